The topological polar surface area (TPSA) is 70.2 Å². The van der Waals surface area contributed by atoms with Crippen LogP contribution in [0.25, 0.3) is 0 Å². The van der Waals surface area contributed by atoms with Crippen LogP contribution in [0.1, 0.15) is 45.6 Å². The molecule has 0 aliphatic carbocycles. The first-order valence-electron chi connectivity index (χ1n) is 8.21. The summed E-state index contributed by atoms with van der Waals surface area (Å²) in [7, 11) is 0. The first kappa shape index (κ1) is 17.5. The minimum atomic E-state index is -0.456. The van der Waals surface area contributed by atoms with Crippen LogP contribution in [0, 0.1) is 12.3 Å². The predicted octanol–water partition coefficient (Wildman–Crippen LogP) is 3.06. The van der Waals surface area contributed by atoms with Gasteiger partial charge in [0, 0.05) is 29.3 Å². The van der Waals surface area contributed by atoms with Gasteiger partial charge in [-0.05, 0) is 44.0 Å². The molecule has 0 radical (unpaired) electrons. The molecule has 23 heavy (non-hydrogen) atoms. The van der Waals surface area contributed by atoms with Crippen LogP contribution in [0.3, 0.4) is 0 Å². The highest BCUT2D eigenvalue weighted by Gasteiger charge is 2.22. The van der Waals surface area contributed by atoms with Crippen molar-refractivity contribution >= 4 is 23.2 Å². The lowest BCUT2D eigenvalue weighted by molar-refractivity contribution is -0.123. The first-order valence-corrected chi connectivity index (χ1v) is 8.21. The van der Waals surface area contributed by atoms with E-state index in [1.54, 1.807) is 0 Å². The van der Waals surface area contributed by atoms with E-state index in [2.05, 4.69) is 16.0 Å². The maximum atomic E-state index is 12.2. The van der Waals surface area contributed by atoms with E-state index in [1.807, 2.05) is 45.9 Å². The zero-order valence-electron chi connectivity index (χ0n) is 14.5. The van der Waals surface area contributed by atoms with Crippen LogP contribution in [0.5, 0.6) is 0 Å². The Morgan fingerprint density at radius 1 is 1.26 bits per heavy atom. The second-order valence-electron chi connectivity index (χ2n) is 7.28. The Bertz CT molecular complexity index is 584. The summed E-state index contributed by atoms with van der Waals surface area (Å²) in [5.74, 6) is -0.0411. The molecule has 3 N–H and O–H groups in total. The van der Waals surface area contributed by atoms with Crippen LogP contribution in [0.15, 0.2) is 18.2 Å². The molecule has 1 atom stereocenters. The zero-order chi connectivity index (χ0) is 17.0. The summed E-state index contributed by atoms with van der Waals surface area (Å²) < 4.78 is 0. The molecule has 126 valence electrons. The Morgan fingerprint density at radius 2 is 2.00 bits per heavy atom. The lowest BCUT2D eigenvalue weighted by Crippen LogP contribution is -2.28. The van der Waals surface area contributed by atoms with Gasteiger partial charge in [0.05, 0.1) is 0 Å². The molecule has 1 saturated heterocycles. The standard InChI is InChI=1S/C18H27N3O2/c1-12-7-8-14(20-17(23)18(2,3)4)10-15(12)21-16(22)11-13-6-5-9-19-13/h7-8,10,13,19H,5-6,9,11H2,1-4H3,(H,20,23)(H,21,22). The molecule has 1 aliphatic rings. The molecule has 1 aliphatic heterocycles. The van der Waals surface area contributed by atoms with Gasteiger partial charge in [-0.3, -0.25) is 9.59 Å². The molecule has 1 fully saturated rings. The average molecular weight is 317 g/mol. The minimum absolute atomic E-state index is 0.00629. The minimum Gasteiger partial charge on any atom is -0.326 e. The normalized spacial score (nSPS) is 17.8. The Labute approximate surface area is 138 Å². The number of rotatable bonds is 4. The Kier molecular flexibility index (Phi) is 5.42. The van der Waals surface area contributed by atoms with E-state index in [0.29, 0.717) is 12.1 Å². The van der Waals surface area contributed by atoms with E-state index in [-0.39, 0.29) is 17.9 Å². The summed E-state index contributed by atoms with van der Waals surface area (Å²) in [6.45, 7) is 8.54. The van der Waals surface area contributed by atoms with Crippen molar-refractivity contribution in [3.63, 3.8) is 0 Å². The van der Waals surface area contributed by atoms with Gasteiger partial charge in [-0.2, -0.15) is 0 Å². The van der Waals surface area contributed by atoms with Gasteiger partial charge in [-0.15, -0.1) is 0 Å². The molecule has 1 aromatic carbocycles. The summed E-state index contributed by atoms with van der Waals surface area (Å²) in [5.41, 5.74) is 1.97. The lowest BCUT2D eigenvalue weighted by atomic mass is 9.95. The SMILES string of the molecule is Cc1ccc(NC(=O)C(C)(C)C)cc1NC(=O)CC1CCCN1. The van der Waals surface area contributed by atoms with Crippen molar-refractivity contribution < 1.29 is 9.59 Å². The molecule has 2 rings (SSSR count). The van der Waals surface area contributed by atoms with Crippen molar-refractivity contribution in [2.24, 2.45) is 5.41 Å². The summed E-state index contributed by atoms with van der Waals surface area (Å²) in [4.78, 5) is 24.3. The fourth-order valence-electron chi connectivity index (χ4n) is 2.51. The maximum Gasteiger partial charge on any atom is 0.229 e. The Hall–Kier alpha value is -1.88. The third-order valence-corrected chi connectivity index (χ3v) is 4.04. The number of nitrogens with one attached hydrogen (secondary N) is 3. The molecular weight excluding hydrogens is 290 g/mol. The van der Waals surface area contributed by atoms with E-state index in [0.717, 1.165) is 30.6 Å². The van der Waals surface area contributed by atoms with Crippen LogP contribution in [-0.4, -0.2) is 24.4 Å². The highest BCUT2D eigenvalue weighted by molar-refractivity contribution is 5.96. The monoisotopic (exact) mass is 317 g/mol. The van der Waals surface area contributed by atoms with Crippen LogP contribution >= 0.6 is 0 Å². The number of aryl methyl sites for hydroxylation is 1. The highest BCUT2D eigenvalue weighted by Crippen LogP contribution is 2.23. The second kappa shape index (κ2) is 7.13. The molecule has 0 spiro atoms. The van der Waals surface area contributed by atoms with Gasteiger partial charge < -0.3 is 16.0 Å². The first-order chi connectivity index (χ1) is 10.8. The molecule has 2 amide bonds. The Morgan fingerprint density at radius 3 is 2.61 bits per heavy atom. The number of anilines is 2. The van der Waals surface area contributed by atoms with Crippen molar-refractivity contribution in [2.45, 2.75) is 53.0 Å². The van der Waals surface area contributed by atoms with Gasteiger partial charge in [0.15, 0.2) is 0 Å². The molecular formula is C18H27N3O2. The molecule has 0 aromatic heterocycles. The second-order valence-corrected chi connectivity index (χ2v) is 7.28. The van der Waals surface area contributed by atoms with Gasteiger partial charge in [0.2, 0.25) is 11.8 Å². The highest BCUT2D eigenvalue weighted by atomic mass is 16.2. The quantitative estimate of drug-likeness (QED) is 0.799. The van der Waals surface area contributed by atoms with Gasteiger partial charge in [0.25, 0.3) is 0 Å². The lowest BCUT2D eigenvalue weighted by Gasteiger charge is -2.19. The van der Waals surface area contributed by atoms with Crippen LogP contribution in [0.2, 0.25) is 0 Å². The van der Waals surface area contributed by atoms with Crippen molar-refractivity contribution in [2.75, 3.05) is 17.2 Å². The number of hydrogen-bond donors (Lipinski definition) is 3. The largest absolute Gasteiger partial charge is 0.326 e. The number of benzene rings is 1. The summed E-state index contributed by atoms with van der Waals surface area (Å²) in [6, 6.07) is 5.85. The molecule has 5 heteroatoms. The maximum absolute atomic E-state index is 12.2. The summed E-state index contributed by atoms with van der Waals surface area (Å²) in [5, 5.41) is 9.18. The average Bonchev–Trinajstić information content (AvgIpc) is 2.94. The molecule has 1 heterocycles. The van der Waals surface area contributed by atoms with Crippen molar-refractivity contribution in [1.82, 2.24) is 5.32 Å². The predicted molar refractivity (Wildman–Crippen MR) is 93.5 cm³/mol. The van der Waals surface area contributed by atoms with Crippen LogP contribution in [-0.2, 0) is 9.59 Å². The summed E-state index contributed by atoms with van der Waals surface area (Å²) in [6.07, 6.45) is 2.66. The van der Waals surface area contributed by atoms with Gasteiger partial charge in [-0.25, -0.2) is 0 Å². The zero-order valence-corrected chi connectivity index (χ0v) is 14.5. The van der Waals surface area contributed by atoms with E-state index in [4.69, 9.17) is 0 Å². The summed E-state index contributed by atoms with van der Waals surface area (Å²) >= 11 is 0. The van der Waals surface area contributed by atoms with Crippen LogP contribution < -0.4 is 16.0 Å². The van der Waals surface area contributed by atoms with Crippen molar-refractivity contribution in [1.29, 1.82) is 0 Å². The Balaban J connectivity index is 2.02. The van der Waals surface area contributed by atoms with Crippen molar-refractivity contribution in [3.05, 3.63) is 23.8 Å². The third kappa shape index (κ3) is 5.06. The number of carbonyl (C=O) groups is 2. The van der Waals surface area contributed by atoms with Gasteiger partial charge in [0.1, 0.15) is 0 Å². The van der Waals surface area contributed by atoms with Gasteiger partial charge in [-0.1, -0.05) is 26.8 Å². The fourth-order valence-corrected chi connectivity index (χ4v) is 2.51. The molecule has 5 nitrogen and oxygen atoms in total. The van der Waals surface area contributed by atoms with Crippen LogP contribution in [0.4, 0.5) is 11.4 Å². The number of amides is 2. The fraction of sp³-hybridized carbons (Fsp3) is 0.556. The van der Waals surface area contributed by atoms with E-state index in [9.17, 15) is 9.59 Å². The van der Waals surface area contributed by atoms with Gasteiger partial charge >= 0.3 is 0 Å². The van der Waals surface area contributed by atoms with E-state index < -0.39 is 5.41 Å². The molecule has 0 bridgehead atoms. The van der Waals surface area contributed by atoms with Crippen molar-refractivity contribution in [3.8, 4) is 0 Å². The number of hydrogen-bond acceptors (Lipinski definition) is 3. The van der Waals surface area contributed by atoms with E-state index in [1.165, 1.54) is 0 Å². The molecule has 1 unspecified atom stereocenters. The van der Waals surface area contributed by atoms with E-state index >= 15 is 0 Å². The smallest absolute Gasteiger partial charge is 0.229 e. The third-order valence-electron chi connectivity index (χ3n) is 4.04. The number of carbonyl (C=O) groups excluding carboxylic acids is 2. The molecule has 0 saturated carbocycles. The molecule has 1 aromatic rings.